The van der Waals surface area contributed by atoms with Crippen LogP contribution in [0.5, 0.6) is 0 Å². The molecule has 8 heteroatoms. The van der Waals surface area contributed by atoms with E-state index in [-0.39, 0.29) is 30.0 Å². The Kier molecular flexibility index (Phi) is 9.54. The van der Waals surface area contributed by atoms with Crippen LogP contribution in [0.4, 0.5) is 0 Å². The molecule has 9 aromatic carbocycles. The highest BCUT2D eigenvalue weighted by molar-refractivity contribution is 6.23. The normalized spacial score (nSPS) is 14.2. The number of hydrogen-bond acceptors (Lipinski definition) is 4. The van der Waals surface area contributed by atoms with Crippen molar-refractivity contribution < 1.29 is 0 Å². The molecular weight excluding hydrogens is 905 g/mol. The second-order valence-corrected chi connectivity index (χ2v) is 19.0. The van der Waals surface area contributed by atoms with E-state index in [0.29, 0.717) is 17.8 Å². The summed E-state index contributed by atoms with van der Waals surface area (Å²) in [5.74, 6) is 0. The van der Waals surface area contributed by atoms with Gasteiger partial charge in [-0.15, -0.1) is 0 Å². The van der Waals surface area contributed by atoms with E-state index in [0.717, 1.165) is 104 Å². The Morgan fingerprint density at radius 3 is 1.45 bits per heavy atom. The predicted molar refractivity (Wildman–Crippen MR) is 300 cm³/mol. The first kappa shape index (κ1) is 42.5. The van der Waals surface area contributed by atoms with Crippen LogP contribution in [-0.4, -0.2) is 18.3 Å². The second kappa shape index (κ2) is 16.6. The Labute approximate surface area is 424 Å². The highest BCUT2D eigenvalue weighted by Crippen LogP contribution is 2.46. The number of rotatable bonds is 7. The van der Waals surface area contributed by atoms with Gasteiger partial charge in [-0.2, -0.15) is 21.0 Å². The summed E-state index contributed by atoms with van der Waals surface area (Å²) in [4.78, 5) is 0. The van der Waals surface area contributed by atoms with Crippen LogP contribution in [-0.2, 0) is 6.42 Å². The van der Waals surface area contributed by atoms with E-state index >= 15 is 0 Å². The third kappa shape index (κ3) is 6.04. The quantitative estimate of drug-likeness (QED) is 0.117. The number of nitrogens with zero attached hydrogens (tertiary/aromatic N) is 8. The van der Waals surface area contributed by atoms with Crippen molar-refractivity contribution in [2.75, 3.05) is 0 Å². The summed E-state index contributed by atoms with van der Waals surface area (Å²) in [6.45, 7) is 0. The van der Waals surface area contributed by atoms with E-state index in [1.54, 1.807) is 0 Å². The zero-order chi connectivity index (χ0) is 49.6. The Hall–Kier alpha value is -10.4. The molecule has 0 unspecified atom stereocenters. The van der Waals surface area contributed by atoms with Crippen LogP contribution in [0.15, 0.2) is 205 Å². The minimum Gasteiger partial charge on any atom is -0.333 e. The summed E-state index contributed by atoms with van der Waals surface area (Å²) in [6.07, 6.45) is 4.63. The molecule has 13 aromatic rings. The topological polar surface area (TPSA) is 115 Å². The first-order valence-electron chi connectivity index (χ1n) is 24.8. The molecule has 1 aliphatic carbocycles. The number of allylic oxidation sites excluding steroid dienone is 5. The molecule has 0 amide bonds. The molecule has 1 atom stereocenters. The molecule has 0 saturated heterocycles. The van der Waals surface area contributed by atoms with Crippen LogP contribution in [0.25, 0.3) is 121 Å². The van der Waals surface area contributed by atoms with Crippen LogP contribution in [0.2, 0.25) is 0 Å². The smallest absolute Gasteiger partial charge is 0.102 e. The number of para-hydroxylation sites is 4. The summed E-state index contributed by atoms with van der Waals surface area (Å²) in [7, 11) is 0. The molecule has 8 nitrogen and oxygen atoms in total. The fourth-order valence-corrected chi connectivity index (χ4v) is 12.4. The van der Waals surface area contributed by atoms with Gasteiger partial charge in [0, 0.05) is 60.1 Å². The van der Waals surface area contributed by atoms with Crippen molar-refractivity contribution >= 4 is 115 Å². The lowest BCUT2D eigenvalue weighted by atomic mass is 9.94. The van der Waals surface area contributed by atoms with Crippen molar-refractivity contribution in [3.05, 3.63) is 217 Å². The molecule has 4 aromatic heterocycles. The zero-order valence-electron chi connectivity index (χ0n) is 39.8. The molecule has 0 spiro atoms. The third-order valence-corrected chi connectivity index (χ3v) is 15.4. The molecule has 14 rings (SSSR count). The fraction of sp³-hybridized carbons (Fsp3) is 0.0606. The van der Waals surface area contributed by atoms with Crippen molar-refractivity contribution in [2.24, 2.45) is 0 Å². The van der Waals surface area contributed by atoms with Crippen LogP contribution in [0.1, 0.15) is 30.1 Å². The molecule has 1 aliphatic rings. The van der Waals surface area contributed by atoms with E-state index in [1.165, 1.54) is 10.8 Å². The predicted octanol–water partition coefficient (Wildman–Crippen LogP) is 16.1. The van der Waals surface area contributed by atoms with Crippen molar-refractivity contribution in [2.45, 2.75) is 25.3 Å². The maximum absolute atomic E-state index is 11.6. The minimum absolute atomic E-state index is 0.0390. The standard InChI is InChI=1S/C66H40N8/c67-35-33-61(73-59-31-27-43(37-51(59)65-45-15-3-1-13-41(45)25-29-63(65)73)71-55-21-9-5-17-47(55)48-18-6-10-22-56(48)71)53(39-69)54(40-70)62(34-36-68)74-60-32-28-44(38-52(60)66-46-16-4-2-14-42(46)26-30-64(66)74)72-57-23-11-7-19-49(57)50-20-8-12-24-58(50)72/h1-32,37,44H,33-34,38H2/b61-53+,62-54+/t44-/m1/s1. The van der Waals surface area contributed by atoms with Gasteiger partial charge in [-0.3, -0.25) is 0 Å². The molecular formula is C66H40N8. The number of nitriles is 4. The van der Waals surface area contributed by atoms with Gasteiger partial charge >= 0.3 is 0 Å². The van der Waals surface area contributed by atoms with Crippen molar-refractivity contribution in [1.82, 2.24) is 18.3 Å². The Bertz CT molecular complexity index is 4770. The molecule has 0 radical (unpaired) electrons. The van der Waals surface area contributed by atoms with E-state index in [2.05, 4.69) is 209 Å². The molecule has 0 bridgehead atoms. The third-order valence-electron chi connectivity index (χ3n) is 15.4. The maximum atomic E-state index is 11.6. The van der Waals surface area contributed by atoms with Crippen LogP contribution in [0, 0.1) is 45.3 Å². The van der Waals surface area contributed by atoms with E-state index in [4.69, 9.17) is 0 Å². The molecule has 0 N–H and O–H groups in total. The van der Waals surface area contributed by atoms with Crippen LogP contribution >= 0.6 is 0 Å². The van der Waals surface area contributed by atoms with Gasteiger partial charge in [-0.05, 0) is 94.2 Å². The summed E-state index contributed by atoms with van der Waals surface area (Å²) < 4.78 is 8.76. The average Bonchev–Trinajstić information content (AvgIpc) is 4.20. The Morgan fingerprint density at radius 1 is 0.432 bits per heavy atom. The van der Waals surface area contributed by atoms with E-state index < -0.39 is 0 Å². The van der Waals surface area contributed by atoms with Crippen molar-refractivity contribution in [1.29, 1.82) is 21.0 Å². The van der Waals surface area contributed by atoms with Gasteiger partial charge in [0.05, 0.1) is 81.1 Å². The number of fused-ring (bicyclic) bond motifs is 16. The minimum atomic E-state index is -0.191. The van der Waals surface area contributed by atoms with Crippen molar-refractivity contribution in [3.8, 4) is 30.0 Å². The largest absolute Gasteiger partial charge is 0.333 e. The SMILES string of the molecule is N#CC/C(=C(C#N)\C(C#N)=C(/CC#N)n1c2ccc(-n3c4ccccc4c4ccccc43)cc2c2c3ccccc3ccc21)n1c2c(c3c4ccccc4ccc31)C[C@H](n1c3ccccc3c3ccccc31)C=C2. The van der Waals surface area contributed by atoms with Gasteiger partial charge < -0.3 is 18.3 Å². The Morgan fingerprint density at radius 2 is 0.892 bits per heavy atom. The first-order valence-corrected chi connectivity index (χ1v) is 24.8. The summed E-state index contributed by atoms with van der Waals surface area (Å²) in [5.41, 5.74) is 10.6. The maximum Gasteiger partial charge on any atom is 0.102 e. The Balaban J connectivity index is 1.04. The van der Waals surface area contributed by atoms with Gasteiger partial charge in [-0.25, -0.2) is 0 Å². The van der Waals surface area contributed by atoms with Gasteiger partial charge in [0.1, 0.15) is 12.1 Å². The van der Waals surface area contributed by atoms with Gasteiger partial charge in [0.25, 0.3) is 0 Å². The lowest BCUT2D eigenvalue weighted by molar-refractivity contribution is 0.636. The molecule has 344 valence electrons. The van der Waals surface area contributed by atoms with Gasteiger partial charge in [-0.1, -0.05) is 140 Å². The highest BCUT2D eigenvalue weighted by Gasteiger charge is 2.30. The number of hydrogen-bond donors (Lipinski definition) is 0. The van der Waals surface area contributed by atoms with E-state index in [9.17, 15) is 21.0 Å². The lowest BCUT2D eigenvalue weighted by Crippen LogP contribution is -2.14. The monoisotopic (exact) mass is 944 g/mol. The molecule has 4 heterocycles. The fourth-order valence-electron chi connectivity index (χ4n) is 12.4. The molecule has 0 saturated carbocycles. The van der Waals surface area contributed by atoms with Crippen LogP contribution < -0.4 is 0 Å². The molecule has 0 aliphatic heterocycles. The molecule has 74 heavy (non-hydrogen) atoms. The lowest BCUT2D eigenvalue weighted by Gasteiger charge is -2.23. The van der Waals surface area contributed by atoms with E-state index in [1.807, 2.05) is 33.4 Å². The van der Waals surface area contributed by atoms with Crippen LogP contribution in [0.3, 0.4) is 0 Å². The summed E-state index contributed by atoms with van der Waals surface area (Å²) in [6, 6.07) is 74.9. The summed E-state index contributed by atoms with van der Waals surface area (Å²) >= 11 is 0. The zero-order valence-corrected chi connectivity index (χ0v) is 39.8. The molecule has 0 fully saturated rings. The second-order valence-electron chi connectivity index (χ2n) is 19.0. The van der Waals surface area contributed by atoms with Gasteiger partial charge in [0.2, 0.25) is 0 Å². The van der Waals surface area contributed by atoms with Crippen molar-refractivity contribution in [3.63, 3.8) is 0 Å². The number of aromatic nitrogens is 4. The van der Waals surface area contributed by atoms with Gasteiger partial charge in [0.15, 0.2) is 0 Å². The average molecular weight is 945 g/mol. The first-order chi connectivity index (χ1) is 36.6. The highest BCUT2D eigenvalue weighted by atomic mass is 15.0. The summed E-state index contributed by atoms with van der Waals surface area (Å²) in [5, 5.41) is 56.7. The number of benzene rings is 9.